The number of nitrogens with one attached hydrogen (secondary N) is 1. The second-order valence-corrected chi connectivity index (χ2v) is 13.8. The first-order valence-corrected chi connectivity index (χ1v) is 15.1. The van der Waals surface area contributed by atoms with Crippen LogP contribution in [0.4, 0.5) is 13.2 Å². The number of allylic oxidation sites excluding steroid dienone is 6. The molecule has 196 valence electrons. The highest BCUT2D eigenvalue weighted by atomic mass is 35.5. The molecule has 2 aliphatic rings. The number of pyridine rings is 1. The molecular weight excluding hydrogens is 565 g/mol. The van der Waals surface area contributed by atoms with Gasteiger partial charge in [0.1, 0.15) is 5.75 Å². The second kappa shape index (κ2) is 10.6. The van der Waals surface area contributed by atoms with Crippen LogP contribution in [0.1, 0.15) is 25.0 Å². The number of halogens is 5. The maximum absolute atomic E-state index is 13.5. The van der Waals surface area contributed by atoms with Crippen LogP contribution in [-0.4, -0.2) is 24.4 Å². The van der Waals surface area contributed by atoms with Gasteiger partial charge in [-0.3, -0.25) is 4.79 Å². The zero-order valence-corrected chi connectivity index (χ0v) is 23.3. The number of benzene rings is 1. The molecule has 0 saturated heterocycles. The molecular formula is C26H23Cl2F3NO3PS. The van der Waals surface area contributed by atoms with E-state index in [0.29, 0.717) is 26.5 Å². The Bertz CT molecular complexity index is 1570. The van der Waals surface area contributed by atoms with Crippen molar-refractivity contribution in [3.63, 3.8) is 0 Å². The van der Waals surface area contributed by atoms with E-state index in [9.17, 15) is 18.0 Å². The summed E-state index contributed by atoms with van der Waals surface area (Å²) in [6.07, 6.45) is 2.84. The summed E-state index contributed by atoms with van der Waals surface area (Å²) in [4.78, 5) is 16.4. The summed E-state index contributed by atoms with van der Waals surface area (Å²) >= 11 is 17.7. The van der Waals surface area contributed by atoms with Gasteiger partial charge in [0.2, 0.25) is 6.49 Å². The Balaban J connectivity index is 2.01. The zero-order valence-electron chi connectivity index (χ0n) is 20.1. The number of fused-ring (bicyclic) bond motifs is 1. The van der Waals surface area contributed by atoms with Crippen molar-refractivity contribution in [1.82, 2.24) is 4.98 Å². The molecule has 2 unspecified atom stereocenters. The number of hydrogen-bond acceptors (Lipinski definition) is 4. The molecule has 1 heterocycles. The largest absolute Gasteiger partial charge is 0.442 e. The van der Waals surface area contributed by atoms with Crippen molar-refractivity contribution in [2.45, 2.75) is 26.4 Å². The third-order valence-electron chi connectivity index (χ3n) is 6.04. The third-order valence-corrected chi connectivity index (χ3v) is 8.20. The standard InChI is InChI=1S/C26H23Cl2F3NO3PS/c1-14-4-10-19(16-5-7-17(27)8-6-16)15(2)22(14)23-24(35-36(3,37)34-13-26(29,30)31)20-12-18(28)9-11-21(20)32-25(23)33/h4-11,14H,12-13H2,1-3H3,(H,32,33). The highest BCUT2D eigenvalue weighted by Gasteiger charge is 2.32. The van der Waals surface area contributed by atoms with Gasteiger partial charge in [0, 0.05) is 40.0 Å². The van der Waals surface area contributed by atoms with E-state index in [1.54, 1.807) is 24.3 Å². The monoisotopic (exact) mass is 587 g/mol. The Morgan fingerprint density at radius 1 is 1.19 bits per heavy atom. The molecule has 0 bridgehead atoms. The van der Waals surface area contributed by atoms with E-state index in [4.69, 9.17) is 44.1 Å². The van der Waals surface area contributed by atoms with Crippen molar-refractivity contribution in [3.05, 3.63) is 90.2 Å². The molecule has 1 aromatic heterocycles. The first kappa shape index (κ1) is 27.9. The van der Waals surface area contributed by atoms with Gasteiger partial charge >= 0.3 is 6.18 Å². The quantitative estimate of drug-likeness (QED) is 0.422. The fourth-order valence-electron chi connectivity index (χ4n) is 4.39. The van der Waals surface area contributed by atoms with Crippen molar-refractivity contribution in [2.75, 3.05) is 13.3 Å². The van der Waals surface area contributed by atoms with Crippen LogP contribution in [-0.2, 0) is 22.8 Å². The summed E-state index contributed by atoms with van der Waals surface area (Å²) in [6.45, 7) is 0.109. The number of H-pyrrole nitrogens is 1. The van der Waals surface area contributed by atoms with Crippen molar-refractivity contribution >= 4 is 58.7 Å². The van der Waals surface area contributed by atoms with Gasteiger partial charge in [-0.15, -0.1) is 0 Å². The van der Waals surface area contributed by atoms with Crippen LogP contribution in [0, 0.1) is 5.92 Å². The molecule has 11 heteroatoms. The summed E-state index contributed by atoms with van der Waals surface area (Å²) in [5.74, 6) is -0.108. The fourth-order valence-corrected chi connectivity index (χ4v) is 6.06. The van der Waals surface area contributed by atoms with Gasteiger partial charge in [-0.25, -0.2) is 0 Å². The van der Waals surface area contributed by atoms with E-state index in [-0.39, 0.29) is 23.3 Å². The van der Waals surface area contributed by atoms with Crippen LogP contribution >= 0.6 is 29.7 Å². The van der Waals surface area contributed by atoms with Gasteiger partial charge in [-0.2, -0.15) is 13.2 Å². The first-order valence-electron chi connectivity index (χ1n) is 11.3. The SMILES string of the molecule is CC1=C(c2ccc(Cl)cc2)C=CC(C)C1=c1c(OP(C)(=S)OCC(F)(F)F)c2c([nH]c1=O)=CC=C(Cl)C2. The van der Waals surface area contributed by atoms with Gasteiger partial charge in [0.05, 0.1) is 5.22 Å². The first-order chi connectivity index (χ1) is 17.3. The molecule has 4 nitrogen and oxygen atoms in total. The Kier molecular flexibility index (Phi) is 7.99. The van der Waals surface area contributed by atoms with Gasteiger partial charge in [-0.1, -0.05) is 54.4 Å². The molecule has 0 saturated carbocycles. The Labute approximate surface area is 227 Å². The van der Waals surface area contributed by atoms with Crippen LogP contribution in [0.25, 0.3) is 17.2 Å². The summed E-state index contributed by atoms with van der Waals surface area (Å²) in [7, 11) is 0. The molecule has 0 radical (unpaired) electrons. The predicted octanol–water partition coefficient (Wildman–Crippen LogP) is 6.21. The Hall–Kier alpha value is -2.09. The van der Waals surface area contributed by atoms with E-state index in [0.717, 1.165) is 16.7 Å². The average Bonchev–Trinajstić information content (AvgIpc) is 2.80. The second-order valence-electron chi connectivity index (χ2n) is 8.87. The summed E-state index contributed by atoms with van der Waals surface area (Å²) in [5.41, 5.74) is 3.34. The van der Waals surface area contributed by atoms with Crippen LogP contribution in [0.15, 0.2) is 57.9 Å². The van der Waals surface area contributed by atoms with Crippen molar-refractivity contribution < 1.29 is 22.2 Å². The van der Waals surface area contributed by atoms with Crippen molar-refractivity contribution in [2.24, 2.45) is 5.92 Å². The maximum atomic E-state index is 13.5. The smallest absolute Gasteiger partial charge is 0.412 e. The van der Waals surface area contributed by atoms with Gasteiger partial charge in [-0.05, 0) is 65.3 Å². The molecule has 0 amide bonds. The lowest BCUT2D eigenvalue weighted by Crippen LogP contribution is -2.40. The van der Waals surface area contributed by atoms with Crippen LogP contribution in [0.5, 0.6) is 5.75 Å². The van der Waals surface area contributed by atoms with Crippen LogP contribution in [0.3, 0.4) is 0 Å². The Morgan fingerprint density at radius 2 is 1.86 bits per heavy atom. The highest BCUT2D eigenvalue weighted by Crippen LogP contribution is 2.46. The minimum absolute atomic E-state index is 0.0983. The zero-order chi connectivity index (χ0) is 27.1. The number of hydrogen-bond donors (Lipinski definition) is 1. The minimum atomic E-state index is -4.58. The molecule has 2 aromatic rings. The summed E-state index contributed by atoms with van der Waals surface area (Å²) < 4.78 is 49.8. The molecule has 0 aliphatic heterocycles. The third kappa shape index (κ3) is 6.32. The number of rotatable bonds is 5. The van der Waals surface area contributed by atoms with Gasteiger partial charge < -0.3 is 14.0 Å². The lowest BCUT2D eigenvalue weighted by molar-refractivity contribution is -0.153. The normalized spacial score (nSPS) is 20.6. The topological polar surface area (TPSA) is 51.3 Å². The van der Waals surface area contributed by atoms with Gasteiger partial charge in [0.25, 0.3) is 5.56 Å². The van der Waals surface area contributed by atoms with Gasteiger partial charge in [0.15, 0.2) is 6.61 Å². The lowest BCUT2D eigenvalue weighted by Gasteiger charge is -2.26. The number of aromatic nitrogens is 1. The molecule has 1 aromatic carbocycles. The molecule has 1 N–H and O–H groups in total. The maximum Gasteiger partial charge on any atom is 0.412 e. The highest BCUT2D eigenvalue weighted by molar-refractivity contribution is 8.09. The predicted molar refractivity (Wildman–Crippen MR) is 147 cm³/mol. The molecule has 0 fully saturated rings. The number of aromatic amines is 1. The molecule has 37 heavy (non-hydrogen) atoms. The van der Waals surface area contributed by atoms with E-state index < -0.39 is 24.8 Å². The van der Waals surface area contributed by atoms with Crippen LogP contribution < -0.4 is 20.7 Å². The van der Waals surface area contributed by atoms with E-state index >= 15 is 0 Å². The molecule has 2 atom stereocenters. The van der Waals surface area contributed by atoms with Crippen molar-refractivity contribution in [3.8, 4) is 5.75 Å². The van der Waals surface area contributed by atoms with E-state index in [2.05, 4.69) is 4.98 Å². The van der Waals surface area contributed by atoms with Crippen LogP contribution in [0.2, 0.25) is 5.02 Å². The number of alkyl halides is 3. The molecule has 2 aliphatic carbocycles. The molecule has 0 spiro atoms. The summed E-state index contributed by atoms with van der Waals surface area (Å²) in [5, 5.41) is 1.73. The van der Waals surface area contributed by atoms with E-state index in [1.807, 2.05) is 38.1 Å². The molecule has 4 rings (SSSR count). The Morgan fingerprint density at radius 3 is 2.51 bits per heavy atom. The minimum Gasteiger partial charge on any atom is -0.442 e. The van der Waals surface area contributed by atoms with E-state index in [1.165, 1.54) is 6.66 Å². The lowest BCUT2D eigenvalue weighted by atomic mass is 9.82. The fraction of sp³-hybridized carbons (Fsp3) is 0.269. The summed E-state index contributed by atoms with van der Waals surface area (Å²) in [6, 6.07) is 7.31. The average molecular weight is 588 g/mol. The van der Waals surface area contributed by atoms with Crippen molar-refractivity contribution in [1.29, 1.82) is 0 Å².